The van der Waals surface area contributed by atoms with Crippen LogP contribution in [0, 0.1) is 0 Å². The van der Waals surface area contributed by atoms with E-state index in [1.807, 2.05) is 0 Å². The van der Waals surface area contributed by atoms with Crippen LogP contribution in [-0.2, 0) is 33.2 Å². The van der Waals surface area contributed by atoms with Gasteiger partial charge in [0.1, 0.15) is 10.7 Å². The Balaban J connectivity index is 1.42. The first-order valence-corrected chi connectivity index (χ1v) is 11.4. The number of hydrogen-bond acceptors (Lipinski definition) is 4. The molecule has 0 aromatic heterocycles. The van der Waals surface area contributed by atoms with E-state index in [0.717, 1.165) is 30.3 Å². The van der Waals surface area contributed by atoms with Crippen LogP contribution in [-0.4, -0.2) is 17.7 Å². The highest BCUT2D eigenvalue weighted by molar-refractivity contribution is 6.53. The van der Waals surface area contributed by atoms with Gasteiger partial charge in [-0.05, 0) is 54.1 Å². The Morgan fingerprint density at radius 3 is 1.97 bits per heavy atom. The fourth-order valence-corrected chi connectivity index (χ4v) is 3.89. The van der Waals surface area contributed by atoms with Crippen molar-refractivity contribution in [1.29, 1.82) is 0 Å². The van der Waals surface area contributed by atoms with Gasteiger partial charge in [-0.3, -0.25) is 14.4 Å². The van der Waals surface area contributed by atoms with E-state index in [-0.39, 0.29) is 29.2 Å². The fourth-order valence-electron chi connectivity index (χ4n) is 3.68. The average Bonchev–Trinajstić information content (AvgIpc) is 3.07. The lowest BCUT2D eigenvalue weighted by atomic mass is 10.1. The van der Waals surface area contributed by atoms with Crippen molar-refractivity contribution in [2.75, 3.05) is 15.5 Å². The van der Waals surface area contributed by atoms with Crippen molar-refractivity contribution < 1.29 is 40.7 Å². The molecule has 0 radical (unpaired) electrons. The van der Waals surface area contributed by atoms with Crippen molar-refractivity contribution >= 4 is 46.4 Å². The van der Waals surface area contributed by atoms with E-state index in [1.165, 1.54) is 36.4 Å². The highest BCUT2D eigenvalue weighted by Crippen LogP contribution is 2.35. The topological polar surface area (TPSA) is 78.5 Å². The van der Waals surface area contributed by atoms with Gasteiger partial charge in [0.05, 0.1) is 23.2 Å². The Labute approximate surface area is 221 Å². The quantitative estimate of drug-likeness (QED) is 0.269. The summed E-state index contributed by atoms with van der Waals surface area (Å²) in [4.78, 5) is 38.2. The molecule has 0 saturated heterocycles. The van der Waals surface area contributed by atoms with Crippen molar-refractivity contribution in [1.82, 2.24) is 0 Å². The summed E-state index contributed by atoms with van der Waals surface area (Å²) in [6.07, 6.45) is -9.43. The molecule has 0 atom stereocenters. The van der Waals surface area contributed by atoms with Gasteiger partial charge in [0.25, 0.3) is 11.8 Å². The van der Waals surface area contributed by atoms with Crippen LogP contribution in [0.25, 0.3) is 0 Å². The smallest absolute Gasteiger partial charge is 0.350 e. The third kappa shape index (κ3) is 6.23. The lowest BCUT2D eigenvalue weighted by molar-refractivity contribution is -0.138. The van der Waals surface area contributed by atoms with E-state index >= 15 is 0 Å². The molecule has 3 aromatic carbocycles. The maximum Gasteiger partial charge on any atom is 0.416 e. The highest BCUT2D eigenvalue weighted by Gasteiger charge is 2.40. The SMILES string of the molecule is O=C(Cc1ccc(NC2=C(Cl)C(=O)N(c3cccc(C(F)(F)F)c3)C2=O)cc1)Nc1cccc(C(F)(F)F)c1. The van der Waals surface area contributed by atoms with E-state index < -0.39 is 46.2 Å². The molecule has 1 aliphatic heterocycles. The summed E-state index contributed by atoms with van der Waals surface area (Å²) in [5.74, 6) is -2.55. The van der Waals surface area contributed by atoms with Crippen LogP contribution >= 0.6 is 11.6 Å². The molecule has 0 aliphatic carbocycles. The van der Waals surface area contributed by atoms with Gasteiger partial charge in [-0.1, -0.05) is 35.9 Å². The zero-order valence-electron chi connectivity index (χ0n) is 19.5. The second-order valence-electron chi connectivity index (χ2n) is 8.31. The minimum absolute atomic E-state index is 0.0237. The van der Waals surface area contributed by atoms with Gasteiger partial charge < -0.3 is 10.6 Å². The van der Waals surface area contributed by atoms with Crippen LogP contribution in [0.2, 0.25) is 0 Å². The zero-order valence-corrected chi connectivity index (χ0v) is 20.2. The first-order chi connectivity index (χ1) is 18.2. The first-order valence-electron chi connectivity index (χ1n) is 11.0. The van der Waals surface area contributed by atoms with E-state index in [9.17, 15) is 40.7 Å². The summed E-state index contributed by atoms with van der Waals surface area (Å²) in [7, 11) is 0. The number of nitrogens with zero attached hydrogens (tertiary/aromatic N) is 1. The third-order valence-corrected chi connectivity index (χ3v) is 5.87. The Morgan fingerprint density at radius 1 is 0.769 bits per heavy atom. The summed E-state index contributed by atoms with van der Waals surface area (Å²) in [6.45, 7) is 0. The number of carbonyl (C=O) groups is 3. The van der Waals surface area contributed by atoms with E-state index in [0.29, 0.717) is 16.5 Å². The third-order valence-electron chi connectivity index (χ3n) is 5.52. The molecular weight excluding hydrogens is 552 g/mol. The van der Waals surface area contributed by atoms with Gasteiger partial charge in [-0.15, -0.1) is 0 Å². The number of halogens is 7. The molecule has 202 valence electrons. The van der Waals surface area contributed by atoms with Crippen molar-refractivity contribution in [3.8, 4) is 0 Å². The van der Waals surface area contributed by atoms with E-state index in [1.54, 1.807) is 0 Å². The van der Waals surface area contributed by atoms with Gasteiger partial charge in [0.15, 0.2) is 0 Å². The maximum atomic E-state index is 13.1. The molecule has 0 bridgehead atoms. The number of alkyl halides is 6. The molecule has 1 heterocycles. The molecule has 0 saturated carbocycles. The largest absolute Gasteiger partial charge is 0.416 e. The van der Waals surface area contributed by atoms with Crippen LogP contribution in [0.15, 0.2) is 83.5 Å². The molecular formula is C26H16ClF6N3O3. The minimum atomic E-state index is -4.69. The number of imide groups is 1. The fraction of sp³-hybridized carbons (Fsp3) is 0.115. The number of carbonyl (C=O) groups excluding carboxylic acids is 3. The number of rotatable bonds is 6. The van der Waals surface area contributed by atoms with Crippen LogP contribution in [0.5, 0.6) is 0 Å². The van der Waals surface area contributed by atoms with E-state index in [4.69, 9.17) is 11.6 Å². The van der Waals surface area contributed by atoms with Crippen molar-refractivity contribution in [3.63, 3.8) is 0 Å². The molecule has 39 heavy (non-hydrogen) atoms. The van der Waals surface area contributed by atoms with Crippen molar-refractivity contribution in [2.45, 2.75) is 18.8 Å². The average molecular weight is 568 g/mol. The molecule has 0 spiro atoms. The molecule has 1 aliphatic rings. The first kappa shape index (κ1) is 27.7. The summed E-state index contributed by atoms with van der Waals surface area (Å²) in [5, 5.41) is 4.53. The summed E-state index contributed by atoms with van der Waals surface area (Å²) < 4.78 is 77.8. The molecule has 0 unspecified atom stereocenters. The molecule has 3 amide bonds. The molecule has 0 fully saturated rings. The van der Waals surface area contributed by atoms with Crippen LogP contribution in [0.3, 0.4) is 0 Å². The van der Waals surface area contributed by atoms with Gasteiger partial charge in [-0.25, -0.2) is 4.90 Å². The number of hydrogen-bond donors (Lipinski definition) is 2. The monoisotopic (exact) mass is 567 g/mol. The molecule has 2 N–H and O–H groups in total. The number of anilines is 3. The highest BCUT2D eigenvalue weighted by atomic mass is 35.5. The molecule has 4 rings (SSSR count). The van der Waals surface area contributed by atoms with Gasteiger partial charge in [0, 0.05) is 11.4 Å². The van der Waals surface area contributed by atoms with Crippen LogP contribution in [0.1, 0.15) is 16.7 Å². The Kier molecular flexibility index (Phi) is 7.42. The minimum Gasteiger partial charge on any atom is -0.350 e. The summed E-state index contributed by atoms with van der Waals surface area (Å²) in [5.41, 5.74) is -1.89. The standard InChI is InChI=1S/C26H16ClF6N3O3/c27-21-22(24(39)36(23(21)38)19-6-2-4-16(13-19)26(31,32)33)35-17-9-7-14(8-10-17)11-20(37)34-18-5-1-3-15(12-18)25(28,29)30/h1-10,12-13,35H,11H2,(H,34,37). The summed E-state index contributed by atoms with van der Waals surface area (Å²) in [6, 6.07) is 13.7. The number of benzene rings is 3. The summed E-state index contributed by atoms with van der Waals surface area (Å²) >= 11 is 6.02. The Bertz CT molecular complexity index is 1480. The predicted octanol–water partition coefficient (Wildman–Crippen LogP) is 6.34. The second kappa shape index (κ2) is 10.4. The molecule has 6 nitrogen and oxygen atoms in total. The van der Waals surface area contributed by atoms with Crippen LogP contribution < -0.4 is 15.5 Å². The van der Waals surface area contributed by atoms with Crippen molar-refractivity contribution in [3.05, 3.63) is 100 Å². The van der Waals surface area contributed by atoms with Crippen molar-refractivity contribution in [2.24, 2.45) is 0 Å². The number of nitrogens with one attached hydrogen (secondary N) is 2. The molecule has 13 heteroatoms. The van der Waals surface area contributed by atoms with Gasteiger partial charge in [-0.2, -0.15) is 26.3 Å². The normalized spacial score (nSPS) is 14.2. The van der Waals surface area contributed by atoms with E-state index in [2.05, 4.69) is 10.6 Å². The van der Waals surface area contributed by atoms with Crippen LogP contribution in [0.4, 0.5) is 43.4 Å². The Hall–Kier alpha value is -4.32. The zero-order chi connectivity index (χ0) is 28.5. The lowest BCUT2D eigenvalue weighted by Crippen LogP contribution is -2.32. The van der Waals surface area contributed by atoms with Gasteiger partial charge >= 0.3 is 12.4 Å². The molecule has 3 aromatic rings. The predicted molar refractivity (Wildman–Crippen MR) is 131 cm³/mol. The number of amides is 3. The second-order valence-corrected chi connectivity index (χ2v) is 8.69. The Morgan fingerprint density at radius 2 is 1.36 bits per heavy atom. The lowest BCUT2D eigenvalue weighted by Gasteiger charge is -2.17. The van der Waals surface area contributed by atoms with Gasteiger partial charge in [0.2, 0.25) is 5.91 Å². The maximum absolute atomic E-state index is 13.1.